The first-order valence-corrected chi connectivity index (χ1v) is 18.7. The van der Waals surface area contributed by atoms with Gasteiger partial charge in [-0.2, -0.15) is 23.1 Å². The molecule has 2 fully saturated rings. The molecule has 6 aromatic rings. The number of hydrogen-bond donors (Lipinski definition) is 5. The van der Waals surface area contributed by atoms with Crippen molar-refractivity contribution in [1.29, 1.82) is 0 Å². The van der Waals surface area contributed by atoms with Gasteiger partial charge in [-0.1, -0.05) is 72.7 Å². The molecule has 8 rings (SSSR count). The van der Waals surface area contributed by atoms with Crippen molar-refractivity contribution in [2.75, 3.05) is 29.9 Å². The maximum Gasteiger partial charge on any atom is 0.490 e. The highest BCUT2D eigenvalue weighted by atomic mass is 19.4. The second-order valence-electron chi connectivity index (χ2n) is 13.9. The smallest absolute Gasteiger partial charge is 0.475 e. The highest BCUT2D eigenvalue weighted by molar-refractivity contribution is 5.94. The normalized spacial score (nSPS) is 20.4. The lowest BCUT2D eigenvalue weighted by atomic mass is 9.91. The molecule has 2 aliphatic rings. The van der Waals surface area contributed by atoms with Crippen molar-refractivity contribution in [3.63, 3.8) is 0 Å². The van der Waals surface area contributed by atoms with Crippen LogP contribution in [-0.2, 0) is 16.0 Å². The molecule has 0 saturated carbocycles. The highest BCUT2D eigenvalue weighted by Gasteiger charge is 2.47. The molecule has 19 heteroatoms. The summed E-state index contributed by atoms with van der Waals surface area (Å²) in [6.07, 6.45) is -3.58. The molecule has 308 valence electrons. The Hall–Kier alpha value is -6.44. The van der Waals surface area contributed by atoms with Crippen LogP contribution in [0.1, 0.15) is 64.5 Å². The molecule has 0 spiro atoms. The largest absolute Gasteiger partial charge is 0.490 e. The van der Waals surface area contributed by atoms with Crippen LogP contribution in [0.4, 0.5) is 24.9 Å². The van der Waals surface area contributed by atoms with Gasteiger partial charge in [0.15, 0.2) is 29.0 Å². The number of carbonyl (C=O) groups excluding carboxylic acids is 1. The SMILES string of the molecule is CCc1cc([C@H]2O[C@@H](n3cnc4c(NCC(c5ccccc5)c5ccccc5)nc(N5CC[C@@H](NC(=O)c6cccnc6)C5)nc43)[C@H](O)[C@@H]2O)on1.O=C(O)C(F)(F)F. The number of amides is 1. The maximum atomic E-state index is 12.9. The standard InChI is InChI=1S/C38H39N9O5.C2HF3O2/c1-2-26-18-29(52-45-26)33-31(48)32(49)37(51-33)47-22-41-30-34(40-20-28(23-10-5-3-6-11-23)24-12-7-4-8-13-24)43-38(44-35(30)47)46-17-15-27(21-46)42-36(50)25-14-9-16-39-19-25;3-2(4,5)1(6)7/h3-14,16,18-19,22,27-28,31-33,37,48-49H,2,15,17,20-21H2,1H3,(H,42,50)(H,40,43,44);(H,6,7)/t27-,31+,32-,33-,37-;/m1./s1. The minimum Gasteiger partial charge on any atom is -0.475 e. The number of pyridine rings is 1. The number of carboxylic acid groups (broad SMARTS) is 1. The van der Waals surface area contributed by atoms with Crippen LogP contribution in [0.3, 0.4) is 0 Å². The number of benzene rings is 2. The van der Waals surface area contributed by atoms with Crippen molar-refractivity contribution in [1.82, 2.24) is 35.0 Å². The van der Waals surface area contributed by atoms with E-state index in [-0.39, 0.29) is 17.9 Å². The summed E-state index contributed by atoms with van der Waals surface area (Å²) in [6, 6.07) is 25.6. The molecule has 2 aliphatic heterocycles. The van der Waals surface area contributed by atoms with Crippen molar-refractivity contribution in [2.45, 2.75) is 62.4 Å². The zero-order valence-electron chi connectivity index (χ0n) is 31.5. The molecule has 0 radical (unpaired) electrons. The lowest BCUT2D eigenvalue weighted by Crippen LogP contribution is -2.37. The zero-order valence-corrected chi connectivity index (χ0v) is 31.5. The first-order valence-electron chi connectivity index (χ1n) is 18.7. The van der Waals surface area contributed by atoms with Gasteiger partial charge in [0.1, 0.15) is 18.3 Å². The lowest BCUT2D eigenvalue weighted by Gasteiger charge is -2.22. The summed E-state index contributed by atoms with van der Waals surface area (Å²) in [5.41, 5.74) is 4.39. The summed E-state index contributed by atoms with van der Waals surface area (Å²) < 4.78 is 45.1. The summed E-state index contributed by atoms with van der Waals surface area (Å²) in [5.74, 6) is -1.68. The monoisotopic (exact) mass is 815 g/mol. The van der Waals surface area contributed by atoms with E-state index < -0.39 is 36.7 Å². The fourth-order valence-corrected chi connectivity index (χ4v) is 6.93. The van der Waals surface area contributed by atoms with E-state index in [1.165, 1.54) is 0 Å². The Morgan fingerprint density at radius 3 is 2.29 bits per heavy atom. The molecule has 59 heavy (non-hydrogen) atoms. The number of hydrogen-bond acceptors (Lipinski definition) is 13. The Labute approximate surface area is 334 Å². The van der Waals surface area contributed by atoms with Crippen LogP contribution in [0.2, 0.25) is 0 Å². The number of nitrogens with zero attached hydrogens (tertiary/aromatic N) is 7. The van der Waals surface area contributed by atoms with E-state index in [0.29, 0.717) is 66.7 Å². The molecule has 0 aliphatic carbocycles. The van der Waals surface area contributed by atoms with Crippen LogP contribution in [0.5, 0.6) is 0 Å². The van der Waals surface area contributed by atoms with Gasteiger partial charge < -0.3 is 40.1 Å². The second kappa shape index (κ2) is 17.6. The summed E-state index contributed by atoms with van der Waals surface area (Å²) >= 11 is 0. The molecule has 0 bridgehead atoms. The molecular weight excluding hydrogens is 775 g/mol. The van der Waals surface area contributed by atoms with Crippen molar-refractivity contribution in [3.05, 3.63) is 126 Å². The minimum absolute atomic E-state index is 0.00242. The molecule has 2 aromatic carbocycles. The summed E-state index contributed by atoms with van der Waals surface area (Å²) in [5, 5.41) is 40.2. The van der Waals surface area contributed by atoms with Gasteiger partial charge >= 0.3 is 12.1 Å². The first kappa shape index (κ1) is 40.7. The van der Waals surface area contributed by atoms with E-state index in [4.69, 9.17) is 34.1 Å². The number of nitrogens with one attached hydrogen (secondary N) is 2. The quantitative estimate of drug-likeness (QED) is 0.121. The molecular formula is C40H40F3N9O7. The van der Waals surface area contributed by atoms with Crippen LogP contribution in [0.25, 0.3) is 11.2 Å². The van der Waals surface area contributed by atoms with Crippen molar-refractivity contribution < 1.29 is 47.3 Å². The molecule has 5 N–H and O–H groups in total. The predicted octanol–water partition coefficient (Wildman–Crippen LogP) is 4.65. The third-order valence-electron chi connectivity index (χ3n) is 9.99. The molecule has 1 amide bonds. The third-order valence-corrected chi connectivity index (χ3v) is 9.99. The van der Waals surface area contributed by atoms with Gasteiger partial charge in [-0.05, 0) is 36.1 Å². The number of carboxylic acids is 1. The van der Waals surface area contributed by atoms with Crippen molar-refractivity contribution >= 4 is 34.8 Å². The third kappa shape index (κ3) is 9.16. The number of imidazole rings is 1. The Balaban J connectivity index is 0.000000694. The molecule has 6 heterocycles. The lowest BCUT2D eigenvalue weighted by molar-refractivity contribution is -0.192. The van der Waals surface area contributed by atoms with Gasteiger partial charge in [-0.3, -0.25) is 14.3 Å². The van der Waals surface area contributed by atoms with Crippen LogP contribution in [0.15, 0.2) is 102 Å². The number of fused-ring (bicyclic) bond motifs is 1. The number of ether oxygens (including phenoxy) is 1. The number of carbonyl (C=O) groups is 2. The number of aromatic nitrogens is 6. The molecule has 4 aromatic heterocycles. The summed E-state index contributed by atoms with van der Waals surface area (Å²) in [6.45, 7) is 3.54. The number of alkyl halides is 3. The Kier molecular flexibility index (Phi) is 12.1. The van der Waals surface area contributed by atoms with E-state index in [0.717, 1.165) is 16.8 Å². The Morgan fingerprint density at radius 2 is 1.68 bits per heavy atom. The molecule has 0 unspecified atom stereocenters. The van der Waals surface area contributed by atoms with Crippen molar-refractivity contribution in [3.8, 4) is 0 Å². The fourth-order valence-electron chi connectivity index (χ4n) is 6.93. The second-order valence-corrected chi connectivity index (χ2v) is 13.9. The molecule has 5 atom stereocenters. The van der Waals surface area contributed by atoms with Gasteiger partial charge in [0.25, 0.3) is 5.91 Å². The fraction of sp³-hybridized carbons (Fsp3) is 0.325. The number of anilines is 2. The average Bonchev–Trinajstić information content (AvgIpc) is 4.06. The van der Waals surface area contributed by atoms with Crippen LogP contribution < -0.4 is 15.5 Å². The van der Waals surface area contributed by atoms with E-state index >= 15 is 0 Å². The van der Waals surface area contributed by atoms with Gasteiger partial charge in [0.05, 0.1) is 17.6 Å². The first-order chi connectivity index (χ1) is 28.4. The average molecular weight is 816 g/mol. The van der Waals surface area contributed by atoms with Gasteiger partial charge in [-0.25, -0.2) is 9.78 Å². The van der Waals surface area contributed by atoms with E-state index in [9.17, 15) is 28.2 Å². The predicted molar refractivity (Wildman–Crippen MR) is 205 cm³/mol. The number of aliphatic hydroxyl groups excluding tert-OH is 2. The van der Waals surface area contributed by atoms with Gasteiger partial charge in [-0.15, -0.1) is 0 Å². The van der Waals surface area contributed by atoms with E-state index in [1.807, 2.05) is 48.2 Å². The Bertz CT molecular complexity index is 2310. The molecule has 2 saturated heterocycles. The maximum absolute atomic E-state index is 12.9. The number of aliphatic carboxylic acids is 1. The van der Waals surface area contributed by atoms with E-state index in [2.05, 4.69) is 45.0 Å². The van der Waals surface area contributed by atoms with Gasteiger partial charge in [0, 0.05) is 50.1 Å². The topological polar surface area (TPSA) is 214 Å². The summed E-state index contributed by atoms with van der Waals surface area (Å²) in [4.78, 5) is 42.6. The minimum atomic E-state index is -5.08. The zero-order chi connectivity index (χ0) is 41.7. The van der Waals surface area contributed by atoms with E-state index in [1.54, 1.807) is 41.5 Å². The highest BCUT2D eigenvalue weighted by Crippen LogP contribution is 2.41. The molecule has 16 nitrogen and oxygen atoms in total. The van der Waals surface area contributed by atoms with Gasteiger partial charge in [0.2, 0.25) is 5.95 Å². The number of rotatable bonds is 11. The van der Waals surface area contributed by atoms with Crippen LogP contribution in [-0.4, -0.2) is 101 Å². The number of aryl methyl sites for hydroxylation is 1. The number of aliphatic hydroxyl groups is 2. The van der Waals surface area contributed by atoms with Crippen LogP contribution >= 0.6 is 0 Å². The summed E-state index contributed by atoms with van der Waals surface area (Å²) in [7, 11) is 0. The number of halogens is 3. The van der Waals surface area contributed by atoms with Crippen molar-refractivity contribution in [2.24, 2.45) is 0 Å². The Morgan fingerprint density at radius 1 is 0.983 bits per heavy atom. The van der Waals surface area contributed by atoms with Crippen LogP contribution in [0, 0.1) is 0 Å².